The van der Waals surface area contributed by atoms with Gasteiger partial charge in [-0.1, -0.05) is 20.8 Å². The topological polar surface area (TPSA) is 9.23 Å². The molecule has 0 unspecified atom stereocenters. The Bertz CT molecular complexity index is 506. The Balaban J connectivity index is 3.26. The van der Waals surface area contributed by atoms with E-state index in [9.17, 15) is 17.6 Å². The monoisotopic (exact) mass is 372 g/mol. The summed E-state index contributed by atoms with van der Waals surface area (Å²) < 4.78 is 57.4. The highest BCUT2D eigenvalue weighted by Gasteiger charge is 2.40. The van der Waals surface area contributed by atoms with Crippen LogP contribution in [0.3, 0.4) is 0 Å². The van der Waals surface area contributed by atoms with E-state index >= 15 is 0 Å². The molecule has 0 heterocycles. The fourth-order valence-corrected chi connectivity index (χ4v) is 2.73. The van der Waals surface area contributed by atoms with Gasteiger partial charge in [0.05, 0.1) is 10.0 Å². The summed E-state index contributed by atoms with van der Waals surface area (Å²) in [4.78, 5) is 0. The highest BCUT2D eigenvalue weighted by molar-refractivity contribution is 9.10. The second kappa shape index (κ2) is 5.33. The van der Waals surface area contributed by atoms with Gasteiger partial charge < -0.3 is 4.43 Å². The molecule has 0 bridgehead atoms. The Morgan fingerprint density at radius 3 is 2.00 bits per heavy atom. The Morgan fingerprint density at radius 1 is 1.10 bits per heavy atom. The molecule has 0 N–H and O–H groups in total. The first-order chi connectivity index (χ1) is 8.75. The summed E-state index contributed by atoms with van der Waals surface area (Å²) >= 11 is 2.81. The lowest BCUT2D eigenvalue weighted by Crippen LogP contribution is -2.43. The minimum atomic E-state index is -4.75. The number of hydrogen-bond acceptors (Lipinski definition) is 1. The van der Waals surface area contributed by atoms with Crippen LogP contribution in [-0.2, 0) is 6.18 Å². The fraction of sp³-hybridized carbons (Fsp3) is 0.538. The Kier molecular flexibility index (Phi) is 4.66. The van der Waals surface area contributed by atoms with Crippen molar-refractivity contribution in [2.75, 3.05) is 0 Å². The molecule has 0 atom stereocenters. The Morgan fingerprint density at radius 2 is 1.60 bits per heavy atom. The fourth-order valence-electron chi connectivity index (χ4n) is 1.28. The van der Waals surface area contributed by atoms with E-state index < -0.39 is 25.9 Å². The predicted octanol–water partition coefficient (Wildman–Crippen LogP) is 5.99. The van der Waals surface area contributed by atoms with Crippen molar-refractivity contribution in [2.24, 2.45) is 0 Å². The van der Waals surface area contributed by atoms with Gasteiger partial charge in [0.25, 0.3) is 0 Å². The maximum absolute atomic E-state index is 13.5. The van der Waals surface area contributed by atoms with Crippen molar-refractivity contribution < 1.29 is 22.0 Å². The smallest absolute Gasteiger partial charge is 0.419 e. The highest BCUT2D eigenvalue weighted by atomic mass is 79.9. The maximum Gasteiger partial charge on any atom is 0.419 e. The van der Waals surface area contributed by atoms with E-state index in [1.165, 1.54) is 6.07 Å². The van der Waals surface area contributed by atoms with Crippen molar-refractivity contribution >= 4 is 24.2 Å². The third-order valence-electron chi connectivity index (χ3n) is 3.49. The average Bonchev–Trinajstić information content (AvgIpc) is 2.19. The summed E-state index contributed by atoms with van der Waals surface area (Å²) in [5, 5.41) is -0.160. The quantitative estimate of drug-likeness (QED) is 0.457. The van der Waals surface area contributed by atoms with Crippen molar-refractivity contribution in [3.63, 3.8) is 0 Å². The van der Waals surface area contributed by atoms with Gasteiger partial charge in [0.15, 0.2) is 0 Å². The molecule has 1 nitrogen and oxygen atoms in total. The van der Waals surface area contributed by atoms with E-state index in [2.05, 4.69) is 15.9 Å². The van der Waals surface area contributed by atoms with Crippen LogP contribution in [0.2, 0.25) is 18.1 Å². The van der Waals surface area contributed by atoms with Gasteiger partial charge in [-0.3, -0.25) is 0 Å². The van der Waals surface area contributed by atoms with E-state index in [1.54, 1.807) is 0 Å². The molecule has 1 rings (SSSR count). The molecule has 0 saturated heterocycles. The van der Waals surface area contributed by atoms with Crippen molar-refractivity contribution in [3.05, 3.63) is 28.0 Å². The lowest BCUT2D eigenvalue weighted by Gasteiger charge is -2.36. The van der Waals surface area contributed by atoms with Gasteiger partial charge >= 0.3 is 6.18 Å². The minimum absolute atomic E-state index is 0.0391. The van der Waals surface area contributed by atoms with Crippen molar-refractivity contribution in [1.29, 1.82) is 0 Å². The highest BCUT2D eigenvalue weighted by Crippen LogP contribution is 2.41. The van der Waals surface area contributed by atoms with Crippen LogP contribution < -0.4 is 4.43 Å². The Labute approximate surface area is 125 Å². The number of benzene rings is 1. The van der Waals surface area contributed by atoms with E-state index in [4.69, 9.17) is 4.43 Å². The summed E-state index contributed by atoms with van der Waals surface area (Å²) in [6.45, 7) is 9.75. The molecule has 0 aromatic heterocycles. The maximum atomic E-state index is 13.5. The molecule has 1 aromatic rings. The number of alkyl halides is 3. The Hall–Kier alpha value is -0.563. The normalized spacial score (nSPS) is 13.5. The molecule has 0 spiro atoms. The molecule has 0 radical (unpaired) electrons. The first-order valence-corrected chi connectivity index (χ1v) is 9.71. The summed E-state index contributed by atoms with van der Waals surface area (Å²) in [7, 11) is -2.28. The van der Waals surface area contributed by atoms with Crippen molar-refractivity contribution in [3.8, 4) is 5.75 Å². The van der Waals surface area contributed by atoms with Crippen LogP contribution >= 0.6 is 15.9 Å². The zero-order valence-electron chi connectivity index (χ0n) is 12.0. The first kappa shape index (κ1) is 17.5. The average molecular weight is 373 g/mol. The van der Waals surface area contributed by atoms with Crippen LogP contribution in [0.4, 0.5) is 17.6 Å². The molecular formula is C13H17BrF4OSi. The van der Waals surface area contributed by atoms with Crippen LogP contribution in [0.5, 0.6) is 5.75 Å². The van der Waals surface area contributed by atoms with E-state index in [1.807, 2.05) is 33.9 Å². The zero-order valence-corrected chi connectivity index (χ0v) is 14.5. The summed E-state index contributed by atoms with van der Waals surface area (Å²) in [5.74, 6) is -1.28. The second-order valence-electron chi connectivity index (χ2n) is 6.13. The van der Waals surface area contributed by atoms with Gasteiger partial charge in [-0.25, -0.2) is 4.39 Å². The molecule has 20 heavy (non-hydrogen) atoms. The molecular weight excluding hydrogens is 356 g/mol. The molecule has 0 amide bonds. The molecule has 0 aliphatic rings. The number of hydrogen-bond donors (Lipinski definition) is 0. The SMILES string of the molecule is CC(C)(C)[Si](C)(C)Oc1cc(Br)c(F)c(C(F)(F)F)c1. The first-order valence-electron chi connectivity index (χ1n) is 6.01. The predicted molar refractivity (Wildman–Crippen MR) is 76.9 cm³/mol. The van der Waals surface area contributed by atoms with Crippen LogP contribution in [0.15, 0.2) is 16.6 Å². The van der Waals surface area contributed by atoms with E-state index in [-0.39, 0.29) is 15.3 Å². The molecule has 0 aliphatic carbocycles. The molecule has 114 valence electrons. The van der Waals surface area contributed by atoms with Crippen LogP contribution in [-0.4, -0.2) is 8.32 Å². The number of rotatable bonds is 2. The van der Waals surface area contributed by atoms with E-state index in [0.717, 1.165) is 6.07 Å². The number of halogens is 5. The van der Waals surface area contributed by atoms with Gasteiger partial charge in [-0.15, -0.1) is 0 Å². The molecule has 0 saturated carbocycles. The van der Waals surface area contributed by atoms with Gasteiger partial charge in [0.1, 0.15) is 11.6 Å². The third kappa shape index (κ3) is 3.75. The van der Waals surface area contributed by atoms with Crippen LogP contribution in [0.25, 0.3) is 0 Å². The molecule has 1 aromatic carbocycles. The lowest BCUT2D eigenvalue weighted by atomic mass is 10.2. The summed E-state index contributed by atoms with van der Waals surface area (Å²) in [5.41, 5.74) is -1.32. The summed E-state index contributed by atoms with van der Waals surface area (Å²) in [6, 6.07) is 1.96. The van der Waals surface area contributed by atoms with Crippen LogP contribution in [0, 0.1) is 5.82 Å². The van der Waals surface area contributed by atoms with Gasteiger partial charge in [-0.05, 0) is 46.2 Å². The molecule has 0 aliphatic heterocycles. The zero-order chi connectivity index (χ0) is 15.9. The molecule has 0 fully saturated rings. The largest absolute Gasteiger partial charge is 0.543 e. The van der Waals surface area contributed by atoms with Gasteiger partial charge in [-0.2, -0.15) is 13.2 Å². The second-order valence-corrected chi connectivity index (χ2v) is 11.7. The third-order valence-corrected chi connectivity index (χ3v) is 8.42. The van der Waals surface area contributed by atoms with Crippen molar-refractivity contribution in [1.82, 2.24) is 0 Å². The van der Waals surface area contributed by atoms with Crippen molar-refractivity contribution in [2.45, 2.75) is 45.1 Å². The van der Waals surface area contributed by atoms with Gasteiger partial charge in [0.2, 0.25) is 8.32 Å². The standard InChI is InChI=1S/C13H17BrF4OSi/c1-12(2,3)20(4,5)19-8-6-9(13(16,17)18)11(15)10(14)7-8/h6-7H,1-5H3. The lowest BCUT2D eigenvalue weighted by molar-refractivity contribution is -0.140. The molecule has 7 heteroatoms. The van der Waals surface area contributed by atoms with Gasteiger partial charge in [0, 0.05) is 0 Å². The van der Waals surface area contributed by atoms with Crippen LogP contribution in [0.1, 0.15) is 26.3 Å². The summed E-state index contributed by atoms with van der Waals surface area (Å²) in [6.07, 6.45) is -4.75. The van der Waals surface area contributed by atoms with E-state index in [0.29, 0.717) is 0 Å². The minimum Gasteiger partial charge on any atom is -0.543 e.